The van der Waals surface area contributed by atoms with Gasteiger partial charge in [-0.25, -0.2) is 4.79 Å². The highest BCUT2D eigenvalue weighted by Crippen LogP contribution is 2.12. The summed E-state index contributed by atoms with van der Waals surface area (Å²) < 4.78 is 4.97. The van der Waals surface area contributed by atoms with Crippen molar-refractivity contribution in [2.24, 2.45) is 5.41 Å². The molecular weight excluding hydrogens is 154 g/mol. The van der Waals surface area contributed by atoms with Crippen molar-refractivity contribution >= 4 is 6.09 Å². The van der Waals surface area contributed by atoms with Gasteiger partial charge >= 0.3 is 6.09 Å². The van der Waals surface area contributed by atoms with E-state index in [1.165, 1.54) is 0 Å². The topological polar surface area (TPSA) is 38.3 Å². The minimum atomic E-state index is -0.333. The molecule has 1 N–H and O–H groups in total. The molecule has 0 atom stereocenters. The van der Waals surface area contributed by atoms with Gasteiger partial charge in [-0.1, -0.05) is 20.8 Å². The second-order valence-corrected chi connectivity index (χ2v) is 4.44. The van der Waals surface area contributed by atoms with Crippen molar-refractivity contribution in [3.8, 4) is 0 Å². The summed E-state index contributed by atoms with van der Waals surface area (Å²) in [6, 6.07) is 0.137. The molecule has 0 bridgehead atoms. The number of amides is 1. The van der Waals surface area contributed by atoms with Gasteiger partial charge in [0.2, 0.25) is 0 Å². The number of carbonyl (C=O) groups is 1. The summed E-state index contributed by atoms with van der Waals surface area (Å²) in [5.74, 6) is 0. The monoisotopic (exact) mass is 173 g/mol. The lowest BCUT2D eigenvalue weighted by atomic mass is 9.99. The number of hydrogen-bond donors (Lipinski definition) is 1. The van der Waals surface area contributed by atoms with Crippen LogP contribution in [0.1, 0.15) is 34.6 Å². The maximum Gasteiger partial charge on any atom is 0.407 e. The Labute approximate surface area is 74.5 Å². The Morgan fingerprint density at radius 3 is 2.25 bits per heavy atom. The molecule has 0 aliphatic rings. The van der Waals surface area contributed by atoms with E-state index in [2.05, 4.69) is 5.32 Å². The summed E-state index contributed by atoms with van der Waals surface area (Å²) in [5, 5.41) is 2.65. The number of hydrogen-bond acceptors (Lipinski definition) is 2. The van der Waals surface area contributed by atoms with Gasteiger partial charge in [-0.15, -0.1) is 0 Å². The first kappa shape index (κ1) is 11.3. The molecule has 0 radical (unpaired) electrons. The molecule has 0 unspecified atom stereocenters. The van der Waals surface area contributed by atoms with E-state index in [0.717, 1.165) is 0 Å². The molecule has 0 aliphatic carbocycles. The summed E-state index contributed by atoms with van der Waals surface area (Å²) in [5.41, 5.74) is 0.0360. The van der Waals surface area contributed by atoms with Crippen molar-refractivity contribution in [3.63, 3.8) is 0 Å². The van der Waals surface area contributed by atoms with Crippen LogP contribution < -0.4 is 5.32 Å². The maximum absolute atomic E-state index is 11.0. The van der Waals surface area contributed by atoms with Crippen LogP contribution in [-0.2, 0) is 4.74 Å². The van der Waals surface area contributed by atoms with Crippen molar-refractivity contribution in [3.05, 3.63) is 0 Å². The van der Waals surface area contributed by atoms with E-state index in [0.29, 0.717) is 6.61 Å². The first-order valence-electron chi connectivity index (χ1n) is 4.24. The van der Waals surface area contributed by atoms with E-state index in [9.17, 15) is 4.79 Å². The molecular formula is C9H19NO2. The molecule has 3 nitrogen and oxygen atoms in total. The fourth-order valence-electron chi connectivity index (χ4n) is 0.559. The summed E-state index contributed by atoms with van der Waals surface area (Å²) in [6.45, 7) is 10.3. The van der Waals surface area contributed by atoms with Gasteiger partial charge in [0.05, 0.1) is 6.61 Å². The minimum Gasteiger partial charge on any atom is -0.449 e. The highest BCUT2D eigenvalue weighted by atomic mass is 16.5. The lowest BCUT2D eigenvalue weighted by Gasteiger charge is -2.18. The van der Waals surface area contributed by atoms with Crippen molar-refractivity contribution in [2.45, 2.75) is 40.7 Å². The van der Waals surface area contributed by atoms with Gasteiger partial charge in [-0.3, -0.25) is 0 Å². The normalized spacial score (nSPS) is 11.5. The van der Waals surface area contributed by atoms with Crippen LogP contribution in [0.4, 0.5) is 4.79 Å². The molecule has 12 heavy (non-hydrogen) atoms. The Morgan fingerprint density at radius 2 is 1.92 bits per heavy atom. The van der Waals surface area contributed by atoms with Crippen LogP contribution in [0, 0.1) is 5.41 Å². The number of alkyl carbamates (subject to hydrolysis) is 1. The van der Waals surface area contributed by atoms with Crippen molar-refractivity contribution in [1.82, 2.24) is 5.32 Å². The summed E-state index contributed by atoms with van der Waals surface area (Å²) >= 11 is 0. The van der Waals surface area contributed by atoms with E-state index in [-0.39, 0.29) is 17.6 Å². The average molecular weight is 173 g/mol. The lowest BCUT2D eigenvalue weighted by Crippen LogP contribution is -2.32. The standard InChI is InChI=1S/C9H19NO2/c1-7(2)10-8(11)12-6-9(3,4)5/h7H,6H2,1-5H3,(H,10,11). The largest absolute Gasteiger partial charge is 0.449 e. The van der Waals surface area contributed by atoms with Crippen LogP contribution in [0.2, 0.25) is 0 Å². The molecule has 3 heteroatoms. The fourth-order valence-corrected chi connectivity index (χ4v) is 0.559. The Balaban J connectivity index is 3.58. The lowest BCUT2D eigenvalue weighted by molar-refractivity contribution is 0.104. The molecule has 0 heterocycles. The van der Waals surface area contributed by atoms with Crippen molar-refractivity contribution in [2.75, 3.05) is 6.61 Å². The van der Waals surface area contributed by atoms with Crippen LogP contribution in [0.25, 0.3) is 0 Å². The quantitative estimate of drug-likeness (QED) is 0.695. The van der Waals surface area contributed by atoms with E-state index in [1.807, 2.05) is 34.6 Å². The first-order valence-corrected chi connectivity index (χ1v) is 4.24. The van der Waals surface area contributed by atoms with Crippen molar-refractivity contribution in [1.29, 1.82) is 0 Å². The molecule has 0 aromatic rings. The molecule has 0 aromatic carbocycles. The molecule has 0 saturated heterocycles. The second-order valence-electron chi connectivity index (χ2n) is 4.44. The highest BCUT2D eigenvalue weighted by molar-refractivity contribution is 5.67. The van der Waals surface area contributed by atoms with Crippen LogP contribution in [0.3, 0.4) is 0 Å². The predicted molar refractivity (Wildman–Crippen MR) is 49.1 cm³/mol. The molecule has 0 aromatic heterocycles. The van der Waals surface area contributed by atoms with Gasteiger partial charge in [0.15, 0.2) is 0 Å². The van der Waals surface area contributed by atoms with Crippen molar-refractivity contribution < 1.29 is 9.53 Å². The van der Waals surface area contributed by atoms with Gasteiger partial charge < -0.3 is 10.1 Å². The fraction of sp³-hybridized carbons (Fsp3) is 0.889. The summed E-state index contributed by atoms with van der Waals surface area (Å²) in [7, 11) is 0. The van der Waals surface area contributed by atoms with E-state index < -0.39 is 0 Å². The van der Waals surface area contributed by atoms with E-state index in [4.69, 9.17) is 4.74 Å². The zero-order valence-corrected chi connectivity index (χ0v) is 8.60. The molecule has 0 aliphatic heterocycles. The molecule has 0 saturated carbocycles. The smallest absolute Gasteiger partial charge is 0.407 e. The SMILES string of the molecule is CC(C)NC(=O)OCC(C)(C)C. The predicted octanol–water partition coefficient (Wildman–Crippen LogP) is 2.17. The molecule has 0 spiro atoms. The van der Waals surface area contributed by atoms with Crippen LogP contribution in [0.15, 0.2) is 0 Å². The number of rotatable bonds is 2. The van der Waals surface area contributed by atoms with Gasteiger partial charge in [0.1, 0.15) is 0 Å². The van der Waals surface area contributed by atoms with Crippen LogP contribution in [-0.4, -0.2) is 18.7 Å². The minimum absolute atomic E-state index is 0.0360. The zero-order chi connectivity index (χ0) is 9.78. The number of carbonyl (C=O) groups excluding carboxylic acids is 1. The average Bonchev–Trinajstić information content (AvgIpc) is 1.80. The highest BCUT2D eigenvalue weighted by Gasteiger charge is 2.13. The van der Waals surface area contributed by atoms with Gasteiger partial charge in [-0.05, 0) is 19.3 Å². The van der Waals surface area contributed by atoms with Crippen LogP contribution >= 0.6 is 0 Å². The maximum atomic E-state index is 11.0. The third-order valence-corrected chi connectivity index (χ3v) is 1.04. The summed E-state index contributed by atoms with van der Waals surface area (Å²) in [4.78, 5) is 11.0. The Bertz CT molecular complexity index is 147. The molecule has 0 rings (SSSR count). The third kappa shape index (κ3) is 7.38. The number of nitrogens with one attached hydrogen (secondary N) is 1. The first-order chi connectivity index (χ1) is 5.31. The summed E-state index contributed by atoms with van der Waals surface area (Å²) in [6.07, 6.45) is -0.333. The zero-order valence-electron chi connectivity index (χ0n) is 8.60. The molecule has 1 amide bonds. The number of ether oxygens (including phenoxy) is 1. The van der Waals surface area contributed by atoms with Gasteiger partial charge in [-0.2, -0.15) is 0 Å². The second kappa shape index (κ2) is 4.33. The third-order valence-electron chi connectivity index (χ3n) is 1.04. The molecule has 0 fully saturated rings. The van der Waals surface area contributed by atoms with E-state index >= 15 is 0 Å². The van der Waals surface area contributed by atoms with E-state index in [1.54, 1.807) is 0 Å². The van der Waals surface area contributed by atoms with Gasteiger partial charge in [0.25, 0.3) is 0 Å². The van der Waals surface area contributed by atoms with Crippen LogP contribution in [0.5, 0.6) is 0 Å². The van der Waals surface area contributed by atoms with Gasteiger partial charge in [0, 0.05) is 6.04 Å². The Hall–Kier alpha value is -0.730. The Kier molecular flexibility index (Phi) is 4.07. The molecule has 72 valence electrons. The Morgan fingerprint density at radius 1 is 1.42 bits per heavy atom.